The highest BCUT2D eigenvalue weighted by molar-refractivity contribution is 8.14. The maximum Gasteiger partial charge on any atom is 0.375 e. The summed E-state index contributed by atoms with van der Waals surface area (Å²) < 4.78 is 10.4. The van der Waals surface area contributed by atoms with Gasteiger partial charge in [0.2, 0.25) is 11.7 Å². The van der Waals surface area contributed by atoms with E-state index in [-0.39, 0.29) is 35.7 Å². The number of benzene rings is 1. The van der Waals surface area contributed by atoms with Crippen molar-refractivity contribution in [2.75, 3.05) is 25.4 Å². The first-order valence-corrected chi connectivity index (χ1v) is 9.33. The lowest BCUT2D eigenvalue weighted by molar-refractivity contribution is -0.126. The Kier molecular flexibility index (Phi) is 5.71. The van der Waals surface area contributed by atoms with Crippen LogP contribution in [0.3, 0.4) is 0 Å². The Morgan fingerprint density at radius 3 is 2.85 bits per heavy atom. The average Bonchev–Trinajstić information content (AvgIpc) is 3.13. The molecule has 1 aliphatic heterocycles. The van der Waals surface area contributed by atoms with Crippen molar-refractivity contribution in [2.45, 2.75) is 6.92 Å². The molecule has 1 aliphatic rings. The summed E-state index contributed by atoms with van der Waals surface area (Å²) in [6.07, 6.45) is 0. The van der Waals surface area contributed by atoms with E-state index in [1.165, 1.54) is 0 Å². The molecule has 1 fully saturated rings. The fourth-order valence-electron chi connectivity index (χ4n) is 2.54. The molecule has 0 bridgehead atoms. The highest BCUT2D eigenvalue weighted by Crippen LogP contribution is 2.28. The highest BCUT2D eigenvalue weighted by Gasteiger charge is 2.29. The molecule has 0 saturated carbocycles. The molecule has 0 atom stereocenters. The zero-order valence-corrected chi connectivity index (χ0v) is 15.8. The number of imide groups is 1. The second-order valence-electron chi connectivity index (χ2n) is 5.72. The lowest BCUT2D eigenvalue weighted by atomic mass is 10.1. The number of amides is 3. The van der Waals surface area contributed by atoms with Gasteiger partial charge >= 0.3 is 5.97 Å². The second-order valence-corrected chi connectivity index (χ2v) is 7.09. The number of fused-ring (bicyclic) bond motifs is 1. The number of aryl methyl sites for hydroxylation is 1. The minimum atomic E-state index is -0.767. The molecule has 2 heterocycles. The van der Waals surface area contributed by atoms with Crippen molar-refractivity contribution in [3.8, 4) is 0 Å². The number of halogens is 1. The Morgan fingerprint density at radius 1 is 1.37 bits per heavy atom. The molecule has 1 N–H and O–H groups in total. The molecule has 3 rings (SSSR count). The largest absolute Gasteiger partial charge is 0.450 e. The number of nitrogens with one attached hydrogen (secondary N) is 1. The predicted molar refractivity (Wildman–Crippen MR) is 98.8 cm³/mol. The number of esters is 1. The number of carbonyl (C=O) groups excluding carboxylic acids is 4. The Morgan fingerprint density at radius 2 is 2.15 bits per heavy atom. The number of hydrogen-bond donors (Lipinski definition) is 1. The number of hydrogen-bond acceptors (Lipinski definition) is 7. The van der Waals surface area contributed by atoms with E-state index in [1.807, 2.05) is 0 Å². The molecular formula is C17H15ClN2O6S. The first kappa shape index (κ1) is 19.2. The third-order valence-electron chi connectivity index (χ3n) is 3.92. The number of furan rings is 1. The van der Waals surface area contributed by atoms with E-state index in [2.05, 4.69) is 5.32 Å². The van der Waals surface area contributed by atoms with Gasteiger partial charge in [0.15, 0.2) is 6.61 Å². The van der Waals surface area contributed by atoms with Crippen LogP contribution >= 0.6 is 23.4 Å². The number of thioether (sulfide) groups is 1. The molecule has 0 aliphatic carbocycles. The summed E-state index contributed by atoms with van der Waals surface area (Å²) in [4.78, 5) is 47.9. The Labute approximate surface area is 163 Å². The van der Waals surface area contributed by atoms with E-state index < -0.39 is 18.5 Å². The summed E-state index contributed by atoms with van der Waals surface area (Å²) in [5.74, 6) is -1.48. The number of rotatable bonds is 6. The maximum absolute atomic E-state index is 12.2. The van der Waals surface area contributed by atoms with Crippen LogP contribution in [0.15, 0.2) is 22.6 Å². The molecule has 1 aromatic heterocycles. The van der Waals surface area contributed by atoms with E-state index >= 15 is 0 Å². The van der Waals surface area contributed by atoms with Crippen LogP contribution in [-0.4, -0.2) is 53.4 Å². The van der Waals surface area contributed by atoms with E-state index in [9.17, 15) is 19.2 Å². The molecule has 0 radical (unpaired) electrons. The monoisotopic (exact) mass is 410 g/mol. The summed E-state index contributed by atoms with van der Waals surface area (Å²) in [6, 6.07) is 4.97. The van der Waals surface area contributed by atoms with Crippen molar-refractivity contribution in [1.82, 2.24) is 10.2 Å². The summed E-state index contributed by atoms with van der Waals surface area (Å²) in [6.45, 7) is 1.35. The number of ether oxygens (including phenoxy) is 1. The number of carbonyl (C=O) groups is 4. The third-order valence-corrected chi connectivity index (χ3v) is 5.01. The van der Waals surface area contributed by atoms with Crippen LogP contribution in [0, 0.1) is 6.92 Å². The van der Waals surface area contributed by atoms with Crippen LogP contribution < -0.4 is 5.32 Å². The van der Waals surface area contributed by atoms with Crippen molar-refractivity contribution in [3.05, 3.63) is 34.5 Å². The first-order chi connectivity index (χ1) is 12.9. The summed E-state index contributed by atoms with van der Waals surface area (Å²) >= 11 is 6.86. The standard InChI is InChI=1S/C17H15ClN2O6S/c1-9-11-6-10(18)2-3-12(11)26-15(9)16(23)25-7-13(21)19-4-5-20-14(22)8-27-17(20)24/h2-3,6H,4-5,7-8H2,1H3,(H,19,21). The predicted octanol–water partition coefficient (Wildman–Crippen LogP) is 2.36. The van der Waals surface area contributed by atoms with Crippen molar-refractivity contribution in [3.63, 3.8) is 0 Å². The van der Waals surface area contributed by atoms with Crippen molar-refractivity contribution < 1.29 is 28.3 Å². The van der Waals surface area contributed by atoms with E-state index in [0.29, 0.717) is 21.6 Å². The number of nitrogens with zero attached hydrogens (tertiary/aromatic N) is 1. The van der Waals surface area contributed by atoms with Gasteiger partial charge in [-0.1, -0.05) is 23.4 Å². The summed E-state index contributed by atoms with van der Waals surface area (Å²) in [5, 5.41) is 3.36. The molecule has 10 heteroatoms. The van der Waals surface area contributed by atoms with Gasteiger partial charge in [-0.2, -0.15) is 0 Å². The van der Waals surface area contributed by atoms with Crippen molar-refractivity contribution in [2.24, 2.45) is 0 Å². The van der Waals surface area contributed by atoms with Gasteiger partial charge in [-0.25, -0.2) is 4.79 Å². The average molecular weight is 411 g/mol. The molecule has 8 nitrogen and oxygen atoms in total. The van der Waals surface area contributed by atoms with Crippen molar-refractivity contribution >= 4 is 57.4 Å². The van der Waals surface area contributed by atoms with Gasteiger partial charge in [0.1, 0.15) is 5.58 Å². The molecule has 0 spiro atoms. The fourth-order valence-corrected chi connectivity index (χ4v) is 3.46. The lowest BCUT2D eigenvalue weighted by Crippen LogP contribution is -2.38. The Balaban J connectivity index is 1.50. The Bertz CT molecular complexity index is 925. The van der Waals surface area contributed by atoms with Gasteiger partial charge in [-0.15, -0.1) is 0 Å². The molecule has 142 valence electrons. The molecule has 1 saturated heterocycles. The fraction of sp³-hybridized carbons (Fsp3) is 0.294. The molecule has 0 unspecified atom stereocenters. The van der Waals surface area contributed by atoms with Gasteiger partial charge in [0.05, 0.1) is 5.75 Å². The smallest absolute Gasteiger partial charge is 0.375 e. The quantitative estimate of drug-likeness (QED) is 0.728. The molecule has 3 amide bonds. The highest BCUT2D eigenvalue weighted by atomic mass is 35.5. The van der Waals surface area contributed by atoms with Crippen molar-refractivity contribution in [1.29, 1.82) is 0 Å². The van der Waals surface area contributed by atoms with Crippen LogP contribution in [-0.2, 0) is 14.3 Å². The second kappa shape index (κ2) is 8.01. The van der Waals surface area contributed by atoms with E-state index in [0.717, 1.165) is 16.7 Å². The zero-order chi connectivity index (χ0) is 19.6. The minimum Gasteiger partial charge on any atom is -0.450 e. The van der Waals surface area contributed by atoms with Crippen LogP contribution in [0.25, 0.3) is 11.0 Å². The minimum absolute atomic E-state index is 0.00496. The SMILES string of the molecule is Cc1c(C(=O)OCC(=O)NCCN2C(=O)CSC2=O)oc2ccc(Cl)cc12. The van der Waals surface area contributed by atoms with E-state index in [4.69, 9.17) is 20.8 Å². The van der Waals surface area contributed by atoms with Gasteiger partial charge in [-0.3, -0.25) is 19.3 Å². The summed E-state index contributed by atoms with van der Waals surface area (Å²) in [7, 11) is 0. The molecule has 1 aromatic carbocycles. The molecule has 27 heavy (non-hydrogen) atoms. The summed E-state index contributed by atoms with van der Waals surface area (Å²) in [5.41, 5.74) is 1.06. The van der Waals surface area contributed by atoms with Gasteiger partial charge in [0, 0.05) is 29.1 Å². The van der Waals surface area contributed by atoms with E-state index in [1.54, 1.807) is 25.1 Å². The maximum atomic E-state index is 12.2. The van der Waals surface area contributed by atoms with Gasteiger partial charge < -0.3 is 14.5 Å². The lowest BCUT2D eigenvalue weighted by Gasteiger charge is -2.13. The Hall–Kier alpha value is -2.52. The topological polar surface area (TPSA) is 106 Å². The molecular weight excluding hydrogens is 396 g/mol. The third kappa shape index (κ3) is 4.25. The van der Waals surface area contributed by atoms with Crippen LogP contribution in [0.2, 0.25) is 5.02 Å². The first-order valence-electron chi connectivity index (χ1n) is 7.96. The normalized spacial score (nSPS) is 14.1. The molecule has 2 aromatic rings. The van der Waals surface area contributed by atoms with Gasteiger partial charge in [0.25, 0.3) is 11.1 Å². The van der Waals surface area contributed by atoms with Crippen LogP contribution in [0.5, 0.6) is 0 Å². The zero-order valence-electron chi connectivity index (χ0n) is 14.2. The van der Waals surface area contributed by atoms with Crippen LogP contribution in [0.1, 0.15) is 16.1 Å². The van der Waals surface area contributed by atoms with Crippen LogP contribution in [0.4, 0.5) is 4.79 Å². The van der Waals surface area contributed by atoms with Gasteiger partial charge in [-0.05, 0) is 25.1 Å².